The maximum atomic E-state index is 13.4. The smallest absolute Gasteiger partial charge is 0.230 e. The Morgan fingerprint density at radius 3 is 2.76 bits per heavy atom. The van der Waals surface area contributed by atoms with Crippen molar-refractivity contribution in [3.05, 3.63) is 18.2 Å². The number of carbonyl (C=O) groups is 1. The molecule has 6 nitrogen and oxygen atoms in total. The number of aliphatic hydroxyl groups is 1. The van der Waals surface area contributed by atoms with Gasteiger partial charge in [0.1, 0.15) is 0 Å². The first-order valence-electron chi connectivity index (χ1n) is 9.30. The lowest BCUT2D eigenvalue weighted by molar-refractivity contribution is -0.139. The van der Waals surface area contributed by atoms with Crippen molar-refractivity contribution >= 4 is 11.9 Å². The van der Waals surface area contributed by atoms with Gasteiger partial charge in [0.05, 0.1) is 11.5 Å². The van der Waals surface area contributed by atoms with Crippen LogP contribution in [0.5, 0.6) is 0 Å². The molecule has 1 spiro atoms. The average molecular weight is 348 g/mol. The van der Waals surface area contributed by atoms with E-state index in [1.807, 2.05) is 9.80 Å². The van der Waals surface area contributed by atoms with Crippen molar-refractivity contribution in [2.75, 3.05) is 24.5 Å². The van der Waals surface area contributed by atoms with Gasteiger partial charge in [0.25, 0.3) is 0 Å². The van der Waals surface area contributed by atoms with Crippen LogP contribution in [0.3, 0.4) is 0 Å². The summed E-state index contributed by atoms with van der Waals surface area (Å²) in [6.07, 6.45) is 7.17. The Morgan fingerprint density at radius 2 is 2.00 bits per heavy atom. The summed E-state index contributed by atoms with van der Waals surface area (Å²) in [5.74, 6) is 0.0749. The lowest BCUT2D eigenvalue weighted by Crippen LogP contribution is -2.50. The van der Waals surface area contributed by atoms with E-state index in [-0.39, 0.29) is 23.5 Å². The molecule has 1 aromatic heterocycles. The van der Waals surface area contributed by atoms with Crippen LogP contribution in [0.2, 0.25) is 0 Å². The number of piperidine rings is 1. The highest BCUT2D eigenvalue weighted by atomic mass is 19.1. The number of hydrogen-bond donors (Lipinski definition) is 1. The van der Waals surface area contributed by atoms with E-state index in [9.17, 15) is 14.3 Å². The van der Waals surface area contributed by atoms with Crippen LogP contribution < -0.4 is 4.90 Å². The molecule has 1 aromatic rings. The standard InChI is InChI=1S/C18H25FN4O2/c19-15-6-9-20-17(21-15)22-10-1-7-18(12-22)8-11-23(16(18)25)13-2-4-14(24)5-3-13/h6,9,13-14,24H,1-5,7-8,10-12H2. The third-order valence-corrected chi connectivity index (χ3v) is 6.12. The van der Waals surface area contributed by atoms with Crippen molar-refractivity contribution in [1.82, 2.24) is 14.9 Å². The molecular weight excluding hydrogens is 323 g/mol. The van der Waals surface area contributed by atoms with Gasteiger partial charge in [0.15, 0.2) is 0 Å². The van der Waals surface area contributed by atoms with E-state index >= 15 is 0 Å². The zero-order chi connectivity index (χ0) is 17.4. The summed E-state index contributed by atoms with van der Waals surface area (Å²) in [6.45, 7) is 2.12. The third-order valence-electron chi connectivity index (χ3n) is 6.12. The number of carbonyl (C=O) groups excluding carboxylic acids is 1. The van der Waals surface area contributed by atoms with Gasteiger partial charge in [-0.2, -0.15) is 9.37 Å². The van der Waals surface area contributed by atoms with Gasteiger partial charge >= 0.3 is 0 Å². The van der Waals surface area contributed by atoms with Crippen molar-refractivity contribution in [1.29, 1.82) is 0 Å². The first-order valence-corrected chi connectivity index (χ1v) is 9.30. The third kappa shape index (κ3) is 3.10. The van der Waals surface area contributed by atoms with E-state index in [1.165, 1.54) is 12.3 Å². The summed E-state index contributed by atoms with van der Waals surface area (Å²) in [5.41, 5.74) is -0.385. The number of nitrogens with zero attached hydrogens (tertiary/aromatic N) is 4. The predicted octanol–water partition coefficient (Wildman–Crippen LogP) is 1.74. The molecule has 3 aliphatic rings. The maximum absolute atomic E-state index is 13.4. The van der Waals surface area contributed by atoms with Crippen molar-refractivity contribution < 1.29 is 14.3 Å². The maximum Gasteiger partial charge on any atom is 0.230 e. The first-order chi connectivity index (χ1) is 12.1. The summed E-state index contributed by atoms with van der Waals surface area (Å²) in [4.78, 5) is 25.3. The molecule has 3 heterocycles. The second kappa shape index (κ2) is 6.52. The van der Waals surface area contributed by atoms with E-state index in [4.69, 9.17) is 0 Å². The topological polar surface area (TPSA) is 69.6 Å². The number of anilines is 1. The second-order valence-electron chi connectivity index (χ2n) is 7.70. The average Bonchev–Trinajstić information content (AvgIpc) is 2.92. The van der Waals surface area contributed by atoms with Gasteiger partial charge in [0.2, 0.25) is 17.8 Å². The molecular formula is C18H25FN4O2. The molecule has 1 atom stereocenters. The summed E-state index contributed by atoms with van der Waals surface area (Å²) in [6, 6.07) is 1.50. The molecule has 25 heavy (non-hydrogen) atoms. The summed E-state index contributed by atoms with van der Waals surface area (Å²) >= 11 is 0. The quantitative estimate of drug-likeness (QED) is 0.825. The molecule has 1 aliphatic carbocycles. The van der Waals surface area contributed by atoms with Gasteiger partial charge in [-0.05, 0) is 44.9 Å². The van der Waals surface area contributed by atoms with Gasteiger partial charge in [-0.1, -0.05) is 0 Å². The molecule has 7 heteroatoms. The molecule has 2 saturated heterocycles. The molecule has 1 amide bonds. The highest BCUT2D eigenvalue weighted by Gasteiger charge is 2.50. The Morgan fingerprint density at radius 1 is 1.20 bits per heavy atom. The van der Waals surface area contributed by atoms with Gasteiger partial charge < -0.3 is 14.9 Å². The fourth-order valence-electron chi connectivity index (χ4n) is 4.73. The predicted molar refractivity (Wildman–Crippen MR) is 90.5 cm³/mol. The Bertz CT molecular complexity index is 650. The van der Waals surface area contributed by atoms with Crippen LogP contribution in [-0.2, 0) is 4.79 Å². The number of amides is 1. The highest BCUT2D eigenvalue weighted by Crippen LogP contribution is 2.43. The lowest BCUT2D eigenvalue weighted by atomic mass is 9.78. The van der Waals surface area contributed by atoms with E-state index in [0.29, 0.717) is 12.5 Å². The van der Waals surface area contributed by atoms with Gasteiger partial charge in [-0.25, -0.2) is 4.98 Å². The number of aliphatic hydroxyl groups excluding tert-OH is 1. The molecule has 1 saturated carbocycles. The minimum absolute atomic E-state index is 0.210. The zero-order valence-corrected chi connectivity index (χ0v) is 14.4. The Labute approximate surface area is 147 Å². The number of halogens is 1. The Hall–Kier alpha value is -1.76. The van der Waals surface area contributed by atoms with Crippen LogP contribution in [0.1, 0.15) is 44.9 Å². The minimum atomic E-state index is -0.537. The van der Waals surface area contributed by atoms with E-state index in [0.717, 1.165) is 58.0 Å². The first kappa shape index (κ1) is 16.7. The Balaban J connectivity index is 1.49. The molecule has 4 rings (SSSR count). The highest BCUT2D eigenvalue weighted by molar-refractivity contribution is 5.86. The molecule has 0 aromatic carbocycles. The van der Waals surface area contributed by atoms with Gasteiger partial charge in [0, 0.05) is 37.9 Å². The van der Waals surface area contributed by atoms with Crippen LogP contribution in [0.4, 0.5) is 10.3 Å². The summed E-state index contributed by atoms with van der Waals surface area (Å²) < 4.78 is 13.4. The van der Waals surface area contributed by atoms with Crippen molar-refractivity contribution in [3.63, 3.8) is 0 Å². The largest absolute Gasteiger partial charge is 0.393 e. The molecule has 0 radical (unpaired) electrons. The minimum Gasteiger partial charge on any atom is -0.393 e. The summed E-state index contributed by atoms with van der Waals surface area (Å²) in [5, 5.41) is 9.71. The van der Waals surface area contributed by atoms with E-state index in [2.05, 4.69) is 9.97 Å². The van der Waals surface area contributed by atoms with Gasteiger partial charge in [-0.15, -0.1) is 0 Å². The van der Waals surface area contributed by atoms with Crippen LogP contribution in [0.25, 0.3) is 0 Å². The van der Waals surface area contributed by atoms with Crippen molar-refractivity contribution in [3.8, 4) is 0 Å². The molecule has 3 fully saturated rings. The van der Waals surface area contributed by atoms with Gasteiger partial charge in [-0.3, -0.25) is 4.79 Å². The SMILES string of the molecule is O=C1N(C2CCC(O)CC2)CCC12CCCN(c1nccc(F)n1)C2. The van der Waals surface area contributed by atoms with E-state index in [1.54, 1.807) is 0 Å². The fourth-order valence-corrected chi connectivity index (χ4v) is 4.73. The van der Waals surface area contributed by atoms with Crippen LogP contribution in [0.15, 0.2) is 12.3 Å². The zero-order valence-electron chi connectivity index (χ0n) is 14.4. The fraction of sp³-hybridized carbons (Fsp3) is 0.722. The molecule has 136 valence electrons. The molecule has 1 N–H and O–H groups in total. The molecule has 1 unspecified atom stereocenters. The number of likely N-dealkylation sites (tertiary alicyclic amines) is 1. The van der Waals surface area contributed by atoms with E-state index < -0.39 is 5.95 Å². The van der Waals surface area contributed by atoms with Crippen molar-refractivity contribution in [2.45, 2.75) is 57.1 Å². The number of hydrogen-bond acceptors (Lipinski definition) is 5. The normalized spacial score (nSPS) is 33.3. The van der Waals surface area contributed by atoms with Crippen molar-refractivity contribution in [2.24, 2.45) is 5.41 Å². The Kier molecular flexibility index (Phi) is 4.35. The van der Waals surface area contributed by atoms with Crippen LogP contribution in [-0.4, -0.2) is 57.7 Å². The molecule has 0 bridgehead atoms. The lowest BCUT2D eigenvalue weighted by Gasteiger charge is -2.40. The number of aromatic nitrogens is 2. The summed E-state index contributed by atoms with van der Waals surface area (Å²) in [7, 11) is 0. The van der Waals surface area contributed by atoms with Crippen LogP contribution >= 0.6 is 0 Å². The molecule has 2 aliphatic heterocycles. The second-order valence-corrected chi connectivity index (χ2v) is 7.70. The monoisotopic (exact) mass is 348 g/mol. The number of rotatable bonds is 2. The van der Waals surface area contributed by atoms with Crippen LogP contribution in [0, 0.1) is 11.4 Å².